The summed E-state index contributed by atoms with van der Waals surface area (Å²) in [6.07, 6.45) is 7.76. The number of unbranched alkanes of at least 4 members (excludes halogenated alkanes) is 1. The summed E-state index contributed by atoms with van der Waals surface area (Å²) in [5, 5.41) is 6.00. The lowest BCUT2D eigenvalue weighted by Gasteiger charge is -2.17. The van der Waals surface area contributed by atoms with Crippen LogP contribution in [0, 0.1) is 6.92 Å². The van der Waals surface area contributed by atoms with Gasteiger partial charge in [0.1, 0.15) is 16.5 Å². The molecule has 1 atom stereocenters. The Bertz CT molecular complexity index is 926. The van der Waals surface area contributed by atoms with Crippen molar-refractivity contribution in [1.82, 2.24) is 24.2 Å². The molecule has 0 spiro atoms. The van der Waals surface area contributed by atoms with Gasteiger partial charge in [0.15, 0.2) is 0 Å². The quantitative estimate of drug-likeness (QED) is 0.593. The van der Waals surface area contributed by atoms with Gasteiger partial charge < -0.3 is 15.2 Å². The summed E-state index contributed by atoms with van der Waals surface area (Å²) in [5.74, 6) is 1.52. The van der Waals surface area contributed by atoms with Crippen LogP contribution in [-0.4, -0.2) is 58.8 Å². The van der Waals surface area contributed by atoms with Gasteiger partial charge in [-0.05, 0) is 38.3 Å². The first-order valence-electron chi connectivity index (χ1n) is 9.81. The third kappa shape index (κ3) is 5.54. The molecule has 0 aromatic carbocycles. The van der Waals surface area contributed by atoms with Crippen LogP contribution in [0.25, 0.3) is 0 Å². The van der Waals surface area contributed by atoms with Gasteiger partial charge in [0, 0.05) is 57.7 Å². The van der Waals surface area contributed by atoms with Crippen molar-refractivity contribution in [2.75, 3.05) is 25.0 Å². The summed E-state index contributed by atoms with van der Waals surface area (Å²) in [5.41, 5.74) is 0. The molecule has 29 heavy (non-hydrogen) atoms. The van der Waals surface area contributed by atoms with E-state index in [0.29, 0.717) is 18.8 Å². The molecule has 1 fully saturated rings. The van der Waals surface area contributed by atoms with Gasteiger partial charge in [0.2, 0.25) is 15.9 Å². The fraction of sp³-hybridized carbons (Fsp3) is 0.526. The summed E-state index contributed by atoms with van der Waals surface area (Å²) in [7, 11) is -3.60. The predicted octanol–water partition coefficient (Wildman–Crippen LogP) is 1.38. The Kier molecular flexibility index (Phi) is 6.86. The molecule has 1 saturated heterocycles. The second-order valence-corrected chi connectivity index (χ2v) is 9.17. The van der Waals surface area contributed by atoms with E-state index in [-0.39, 0.29) is 23.4 Å². The number of nitrogens with zero attached hydrogens (tertiary/aromatic N) is 4. The Morgan fingerprint density at radius 2 is 2.10 bits per heavy atom. The smallest absolute Gasteiger partial charge is 0.244 e. The molecule has 3 heterocycles. The number of hydrogen-bond donors (Lipinski definition) is 2. The fourth-order valence-corrected chi connectivity index (χ4v) is 4.85. The molecule has 0 saturated carbocycles. The SMILES string of the molecule is CC(=O)NC1CCN(S(=O)(=O)c2ccc(NCCCCn3ccnc3C)nc2)C1. The summed E-state index contributed by atoms with van der Waals surface area (Å²) in [4.78, 5) is 19.8. The first-order chi connectivity index (χ1) is 13.9. The van der Waals surface area contributed by atoms with Crippen molar-refractivity contribution in [3.05, 3.63) is 36.5 Å². The van der Waals surface area contributed by atoms with Crippen LogP contribution in [0.3, 0.4) is 0 Å². The van der Waals surface area contributed by atoms with Crippen LogP contribution < -0.4 is 10.6 Å². The maximum Gasteiger partial charge on any atom is 0.244 e. The van der Waals surface area contributed by atoms with Gasteiger partial charge in [-0.15, -0.1) is 0 Å². The van der Waals surface area contributed by atoms with Gasteiger partial charge in [-0.25, -0.2) is 18.4 Å². The molecule has 158 valence electrons. The first-order valence-corrected chi connectivity index (χ1v) is 11.2. The minimum atomic E-state index is -3.60. The molecule has 3 rings (SSSR count). The van der Waals surface area contributed by atoms with Crippen molar-refractivity contribution in [3.8, 4) is 0 Å². The van der Waals surface area contributed by atoms with E-state index in [9.17, 15) is 13.2 Å². The lowest BCUT2D eigenvalue weighted by Crippen LogP contribution is -2.37. The normalized spacial score (nSPS) is 17.4. The minimum Gasteiger partial charge on any atom is -0.370 e. The van der Waals surface area contributed by atoms with E-state index >= 15 is 0 Å². The molecule has 1 aliphatic heterocycles. The lowest BCUT2D eigenvalue weighted by atomic mass is 10.3. The van der Waals surface area contributed by atoms with Crippen LogP contribution in [0.4, 0.5) is 5.82 Å². The van der Waals surface area contributed by atoms with Crippen LogP contribution in [0.1, 0.15) is 32.0 Å². The summed E-state index contributed by atoms with van der Waals surface area (Å²) in [6, 6.07) is 3.13. The van der Waals surface area contributed by atoms with Crippen molar-refractivity contribution < 1.29 is 13.2 Å². The van der Waals surface area contributed by atoms with Crippen LogP contribution in [0.2, 0.25) is 0 Å². The van der Waals surface area contributed by atoms with Crippen LogP contribution in [0.15, 0.2) is 35.6 Å². The highest BCUT2D eigenvalue weighted by Gasteiger charge is 2.33. The second-order valence-electron chi connectivity index (χ2n) is 7.23. The Morgan fingerprint density at radius 3 is 2.76 bits per heavy atom. The standard InChI is InChI=1S/C19H28N6O3S/c1-15-20-9-12-24(15)10-4-3-8-21-19-6-5-18(13-22-19)29(27,28)25-11-7-17(14-25)23-16(2)26/h5-6,9,12-13,17H,3-4,7-8,10-11,14H2,1-2H3,(H,21,22)(H,23,26). The predicted molar refractivity (Wildman–Crippen MR) is 110 cm³/mol. The van der Waals surface area contributed by atoms with E-state index in [1.165, 1.54) is 17.4 Å². The van der Waals surface area contributed by atoms with Gasteiger partial charge in [0.05, 0.1) is 0 Å². The Labute approximate surface area is 171 Å². The molecule has 1 unspecified atom stereocenters. The zero-order chi connectivity index (χ0) is 20.9. The van der Waals surface area contributed by atoms with E-state index in [1.807, 2.05) is 13.1 Å². The van der Waals surface area contributed by atoms with E-state index < -0.39 is 10.0 Å². The number of carbonyl (C=O) groups excluding carboxylic acids is 1. The number of aryl methyl sites for hydroxylation is 2. The molecule has 1 aliphatic rings. The van der Waals surface area contributed by atoms with Crippen molar-refractivity contribution in [2.45, 2.75) is 50.6 Å². The first kappa shape index (κ1) is 21.3. The molecule has 9 nitrogen and oxygen atoms in total. The van der Waals surface area contributed by atoms with Gasteiger partial charge in [0.25, 0.3) is 0 Å². The number of imidazole rings is 1. The van der Waals surface area contributed by atoms with E-state index in [1.54, 1.807) is 18.3 Å². The molecule has 2 aromatic rings. The second kappa shape index (κ2) is 9.36. The maximum atomic E-state index is 12.8. The van der Waals surface area contributed by atoms with Crippen molar-refractivity contribution in [2.24, 2.45) is 0 Å². The van der Waals surface area contributed by atoms with Gasteiger partial charge in [-0.3, -0.25) is 4.79 Å². The summed E-state index contributed by atoms with van der Waals surface area (Å²) < 4.78 is 29.0. The van der Waals surface area contributed by atoms with Gasteiger partial charge in [-0.2, -0.15) is 4.31 Å². The van der Waals surface area contributed by atoms with Crippen molar-refractivity contribution >= 4 is 21.7 Å². The molecule has 0 bridgehead atoms. The average molecular weight is 421 g/mol. The third-order valence-corrected chi connectivity index (χ3v) is 6.84. The lowest BCUT2D eigenvalue weighted by molar-refractivity contribution is -0.119. The van der Waals surface area contributed by atoms with Crippen LogP contribution in [-0.2, 0) is 21.4 Å². The number of anilines is 1. The largest absolute Gasteiger partial charge is 0.370 e. The van der Waals surface area contributed by atoms with Gasteiger partial charge >= 0.3 is 0 Å². The van der Waals surface area contributed by atoms with E-state index in [2.05, 4.69) is 25.2 Å². The van der Waals surface area contributed by atoms with E-state index in [4.69, 9.17) is 0 Å². The molecule has 10 heteroatoms. The number of hydrogen-bond acceptors (Lipinski definition) is 6. The molecule has 2 aromatic heterocycles. The molecule has 2 N–H and O–H groups in total. The average Bonchev–Trinajstić information content (AvgIpc) is 3.31. The maximum absolute atomic E-state index is 12.8. The molecule has 0 aliphatic carbocycles. The molecule has 0 radical (unpaired) electrons. The van der Waals surface area contributed by atoms with Crippen molar-refractivity contribution in [1.29, 1.82) is 0 Å². The summed E-state index contributed by atoms with van der Waals surface area (Å²) >= 11 is 0. The highest BCUT2D eigenvalue weighted by atomic mass is 32.2. The van der Waals surface area contributed by atoms with E-state index in [0.717, 1.165) is 31.8 Å². The van der Waals surface area contributed by atoms with Gasteiger partial charge in [-0.1, -0.05) is 0 Å². The van der Waals surface area contributed by atoms with Crippen molar-refractivity contribution in [3.63, 3.8) is 0 Å². The highest BCUT2D eigenvalue weighted by Crippen LogP contribution is 2.21. The number of amides is 1. The minimum absolute atomic E-state index is 0.137. The Hall–Kier alpha value is -2.46. The molecular weight excluding hydrogens is 392 g/mol. The zero-order valence-corrected chi connectivity index (χ0v) is 17.7. The highest BCUT2D eigenvalue weighted by molar-refractivity contribution is 7.89. The zero-order valence-electron chi connectivity index (χ0n) is 16.8. The number of aromatic nitrogens is 3. The Balaban J connectivity index is 1.46. The molecular formula is C19H28N6O3S. The Morgan fingerprint density at radius 1 is 1.28 bits per heavy atom. The number of pyridine rings is 1. The molecule has 1 amide bonds. The fourth-order valence-electron chi connectivity index (χ4n) is 3.40. The summed E-state index contributed by atoms with van der Waals surface area (Å²) in [6.45, 7) is 5.79. The van der Waals surface area contributed by atoms with Crippen LogP contribution in [0.5, 0.6) is 0 Å². The number of rotatable bonds is 9. The van der Waals surface area contributed by atoms with Crippen LogP contribution >= 0.6 is 0 Å². The number of carbonyl (C=O) groups is 1. The topological polar surface area (TPSA) is 109 Å². The number of nitrogens with one attached hydrogen (secondary N) is 2. The third-order valence-electron chi connectivity index (χ3n) is 4.99. The monoisotopic (exact) mass is 420 g/mol. The number of sulfonamides is 1.